The zero-order valence-electron chi connectivity index (χ0n) is 13.6. The summed E-state index contributed by atoms with van der Waals surface area (Å²) in [5, 5.41) is 3.72. The van der Waals surface area contributed by atoms with Gasteiger partial charge in [-0.1, -0.05) is 37.6 Å². The van der Waals surface area contributed by atoms with Gasteiger partial charge in [0.2, 0.25) is 0 Å². The normalized spacial score (nSPS) is 27.0. The van der Waals surface area contributed by atoms with Crippen molar-refractivity contribution in [3.05, 3.63) is 35.4 Å². The lowest BCUT2D eigenvalue weighted by molar-refractivity contribution is 0.108. The third-order valence-electron chi connectivity index (χ3n) is 5.37. The maximum absolute atomic E-state index is 3.72. The molecule has 1 aliphatic heterocycles. The van der Waals surface area contributed by atoms with Gasteiger partial charge in [-0.05, 0) is 56.8 Å². The van der Waals surface area contributed by atoms with Crippen LogP contribution >= 0.6 is 0 Å². The molecule has 116 valence electrons. The topological polar surface area (TPSA) is 15.3 Å². The molecule has 2 nitrogen and oxygen atoms in total. The highest BCUT2D eigenvalue weighted by atomic mass is 15.2. The van der Waals surface area contributed by atoms with Crippen LogP contribution in [0.3, 0.4) is 0 Å². The molecule has 3 rings (SSSR count). The lowest BCUT2D eigenvalue weighted by atomic mass is 9.77. The van der Waals surface area contributed by atoms with Gasteiger partial charge in [0.05, 0.1) is 0 Å². The Labute approximate surface area is 129 Å². The lowest BCUT2D eigenvalue weighted by Gasteiger charge is -2.43. The van der Waals surface area contributed by atoms with E-state index in [4.69, 9.17) is 0 Å². The average Bonchev–Trinajstić information content (AvgIpc) is 2.50. The summed E-state index contributed by atoms with van der Waals surface area (Å²) in [6.07, 6.45) is 6.67. The Kier molecular flexibility index (Phi) is 4.97. The highest BCUT2D eigenvalue weighted by molar-refractivity contribution is 5.40. The van der Waals surface area contributed by atoms with Crippen molar-refractivity contribution >= 4 is 0 Å². The van der Waals surface area contributed by atoms with Crippen molar-refractivity contribution in [1.82, 2.24) is 10.2 Å². The second-order valence-electron chi connectivity index (χ2n) is 6.90. The van der Waals surface area contributed by atoms with Gasteiger partial charge in [0.25, 0.3) is 0 Å². The first-order valence-electron chi connectivity index (χ1n) is 8.84. The molecule has 1 aromatic rings. The number of likely N-dealkylation sites (tertiary alicyclic amines) is 1. The van der Waals surface area contributed by atoms with Crippen LogP contribution in [0.1, 0.15) is 56.6 Å². The Morgan fingerprint density at radius 1 is 1.29 bits per heavy atom. The van der Waals surface area contributed by atoms with E-state index in [9.17, 15) is 0 Å². The second kappa shape index (κ2) is 6.93. The first-order chi connectivity index (χ1) is 10.3. The Morgan fingerprint density at radius 2 is 2.14 bits per heavy atom. The van der Waals surface area contributed by atoms with E-state index >= 15 is 0 Å². The van der Waals surface area contributed by atoms with E-state index in [2.05, 4.69) is 48.3 Å². The minimum atomic E-state index is 0.626. The highest BCUT2D eigenvalue weighted by Crippen LogP contribution is 2.36. The predicted octanol–water partition coefficient (Wildman–Crippen LogP) is 3.57. The monoisotopic (exact) mass is 286 g/mol. The first-order valence-corrected chi connectivity index (χ1v) is 8.84. The molecule has 0 bridgehead atoms. The molecule has 1 saturated heterocycles. The summed E-state index contributed by atoms with van der Waals surface area (Å²) in [7, 11) is 0. The molecule has 3 unspecified atom stereocenters. The number of nitrogens with zero attached hydrogens (tertiary/aromatic N) is 1. The zero-order valence-corrected chi connectivity index (χ0v) is 13.6. The molecular formula is C19H30N2. The van der Waals surface area contributed by atoms with E-state index in [1.165, 1.54) is 45.2 Å². The molecule has 1 heterocycles. The summed E-state index contributed by atoms with van der Waals surface area (Å²) in [6, 6.07) is 10.4. The van der Waals surface area contributed by atoms with Crippen LogP contribution in [0, 0.1) is 0 Å². The van der Waals surface area contributed by atoms with Crippen molar-refractivity contribution in [3.63, 3.8) is 0 Å². The Bertz CT molecular complexity index is 457. The van der Waals surface area contributed by atoms with Gasteiger partial charge in [0.1, 0.15) is 0 Å². The fourth-order valence-electron chi connectivity index (χ4n) is 4.13. The minimum Gasteiger partial charge on any atom is -0.313 e. The minimum absolute atomic E-state index is 0.626. The van der Waals surface area contributed by atoms with Gasteiger partial charge in [-0.25, -0.2) is 0 Å². The second-order valence-corrected chi connectivity index (χ2v) is 6.90. The molecular weight excluding hydrogens is 256 g/mol. The van der Waals surface area contributed by atoms with Crippen LogP contribution in [-0.2, 0) is 6.42 Å². The Hall–Kier alpha value is -0.860. The van der Waals surface area contributed by atoms with E-state index in [1.54, 1.807) is 11.1 Å². The van der Waals surface area contributed by atoms with Crippen LogP contribution in [0.4, 0.5) is 0 Å². The molecule has 0 aromatic heterocycles. The molecule has 1 aromatic carbocycles. The number of fused-ring (bicyclic) bond motifs is 1. The quantitative estimate of drug-likeness (QED) is 0.860. The van der Waals surface area contributed by atoms with E-state index in [0.29, 0.717) is 6.04 Å². The van der Waals surface area contributed by atoms with Gasteiger partial charge in [-0.15, -0.1) is 0 Å². The van der Waals surface area contributed by atoms with Gasteiger partial charge in [-0.3, -0.25) is 4.90 Å². The van der Waals surface area contributed by atoms with Crippen molar-refractivity contribution in [3.8, 4) is 0 Å². The molecule has 2 aliphatic rings. The number of piperidine rings is 1. The molecule has 1 N–H and O–H groups in total. The molecule has 3 atom stereocenters. The number of nitrogens with one attached hydrogen (secondary N) is 1. The molecule has 2 heteroatoms. The van der Waals surface area contributed by atoms with E-state index in [0.717, 1.165) is 18.5 Å². The molecule has 0 amide bonds. The number of rotatable bonds is 6. The van der Waals surface area contributed by atoms with Gasteiger partial charge in [-0.2, -0.15) is 0 Å². The van der Waals surface area contributed by atoms with Crippen LogP contribution in [0.2, 0.25) is 0 Å². The summed E-state index contributed by atoms with van der Waals surface area (Å²) < 4.78 is 0. The SMILES string of the molecule is CCCNC(C)C1CCCCN1CC1Cc2ccccc21. The van der Waals surface area contributed by atoms with Gasteiger partial charge in [0, 0.05) is 24.5 Å². The van der Waals surface area contributed by atoms with Gasteiger partial charge < -0.3 is 5.32 Å². The molecule has 1 aliphatic carbocycles. The van der Waals surface area contributed by atoms with Crippen molar-refractivity contribution < 1.29 is 0 Å². The van der Waals surface area contributed by atoms with E-state index < -0.39 is 0 Å². The van der Waals surface area contributed by atoms with Gasteiger partial charge >= 0.3 is 0 Å². The summed E-state index contributed by atoms with van der Waals surface area (Å²) in [4.78, 5) is 2.78. The first kappa shape index (κ1) is 15.1. The molecule has 1 fully saturated rings. The summed E-state index contributed by atoms with van der Waals surface area (Å²) in [5.74, 6) is 0.778. The fraction of sp³-hybridized carbons (Fsp3) is 0.684. The van der Waals surface area contributed by atoms with Crippen molar-refractivity contribution in [2.75, 3.05) is 19.6 Å². The zero-order chi connectivity index (χ0) is 14.7. The average molecular weight is 286 g/mol. The number of benzene rings is 1. The van der Waals surface area contributed by atoms with Crippen molar-refractivity contribution in [2.45, 2.75) is 64.0 Å². The highest BCUT2D eigenvalue weighted by Gasteiger charge is 2.32. The van der Waals surface area contributed by atoms with Gasteiger partial charge in [0.15, 0.2) is 0 Å². The molecule has 21 heavy (non-hydrogen) atoms. The number of hydrogen-bond acceptors (Lipinski definition) is 2. The summed E-state index contributed by atoms with van der Waals surface area (Å²) in [6.45, 7) is 8.34. The van der Waals surface area contributed by atoms with Crippen LogP contribution in [-0.4, -0.2) is 36.6 Å². The summed E-state index contributed by atoms with van der Waals surface area (Å²) >= 11 is 0. The Morgan fingerprint density at radius 3 is 2.95 bits per heavy atom. The largest absolute Gasteiger partial charge is 0.313 e. The maximum Gasteiger partial charge on any atom is 0.0246 e. The van der Waals surface area contributed by atoms with Crippen LogP contribution < -0.4 is 5.32 Å². The van der Waals surface area contributed by atoms with Crippen molar-refractivity contribution in [2.24, 2.45) is 0 Å². The molecule has 0 spiro atoms. The smallest absolute Gasteiger partial charge is 0.0246 e. The fourth-order valence-corrected chi connectivity index (χ4v) is 4.13. The van der Waals surface area contributed by atoms with E-state index in [-0.39, 0.29) is 0 Å². The number of hydrogen-bond donors (Lipinski definition) is 1. The third kappa shape index (κ3) is 3.32. The standard InChI is InChI=1S/C19H30N2/c1-3-11-20-15(2)19-10-6-7-12-21(19)14-17-13-16-8-4-5-9-18(16)17/h4-5,8-9,15,17,19-20H,3,6-7,10-14H2,1-2H3. The summed E-state index contributed by atoms with van der Waals surface area (Å²) in [5.41, 5.74) is 3.18. The van der Waals surface area contributed by atoms with Crippen LogP contribution in [0.15, 0.2) is 24.3 Å². The maximum atomic E-state index is 3.72. The third-order valence-corrected chi connectivity index (χ3v) is 5.37. The lowest BCUT2D eigenvalue weighted by Crippen LogP contribution is -2.52. The predicted molar refractivity (Wildman–Crippen MR) is 89.9 cm³/mol. The van der Waals surface area contributed by atoms with E-state index in [1.807, 2.05) is 0 Å². The Balaban J connectivity index is 1.60. The molecule has 0 saturated carbocycles. The molecule has 0 radical (unpaired) electrons. The van der Waals surface area contributed by atoms with Crippen LogP contribution in [0.5, 0.6) is 0 Å². The van der Waals surface area contributed by atoms with Crippen LogP contribution in [0.25, 0.3) is 0 Å². The van der Waals surface area contributed by atoms with Crippen molar-refractivity contribution in [1.29, 1.82) is 0 Å².